The highest BCUT2D eigenvalue weighted by atomic mass is 16.6. The van der Waals surface area contributed by atoms with Crippen molar-refractivity contribution in [2.24, 2.45) is 5.92 Å². The van der Waals surface area contributed by atoms with Gasteiger partial charge in [0.1, 0.15) is 11.4 Å². The van der Waals surface area contributed by atoms with E-state index >= 15 is 0 Å². The average molecular weight is 226 g/mol. The molecule has 0 fully saturated rings. The predicted molar refractivity (Wildman–Crippen MR) is 61.4 cm³/mol. The molecule has 0 aromatic carbocycles. The van der Waals surface area contributed by atoms with E-state index in [2.05, 4.69) is 17.3 Å². The van der Waals surface area contributed by atoms with Gasteiger partial charge < -0.3 is 5.32 Å². The van der Waals surface area contributed by atoms with Gasteiger partial charge in [-0.25, -0.2) is 0 Å². The number of nitro groups is 1. The molecule has 0 aliphatic rings. The monoisotopic (exact) mass is 226 g/mol. The summed E-state index contributed by atoms with van der Waals surface area (Å²) in [5.41, 5.74) is 1.25. The number of hydrogen-bond donors (Lipinski definition) is 1. The zero-order valence-corrected chi connectivity index (χ0v) is 10.1. The summed E-state index contributed by atoms with van der Waals surface area (Å²) in [6.45, 7) is 7.06. The molecule has 0 aliphatic carbocycles. The zero-order chi connectivity index (χ0) is 12.3. The van der Waals surface area contributed by atoms with Crippen molar-refractivity contribution >= 4 is 5.69 Å². The molecule has 0 saturated carbocycles. The Morgan fingerprint density at radius 3 is 2.62 bits per heavy atom. The second-order valence-corrected chi connectivity index (χ2v) is 4.12. The van der Waals surface area contributed by atoms with Crippen LogP contribution in [-0.4, -0.2) is 28.3 Å². The molecule has 90 valence electrons. The van der Waals surface area contributed by atoms with E-state index in [1.165, 1.54) is 0 Å². The molecule has 1 heterocycles. The maximum absolute atomic E-state index is 10.8. The summed E-state index contributed by atoms with van der Waals surface area (Å²) in [6, 6.07) is 0. The predicted octanol–water partition coefficient (Wildman–Crippen LogP) is 1.26. The van der Waals surface area contributed by atoms with Crippen LogP contribution in [-0.2, 0) is 6.54 Å². The van der Waals surface area contributed by atoms with Crippen LogP contribution in [0.2, 0.25) is 0 Å². The summed E-state index contributed by atoms with van der Waals surface area (Å²) in [5.74, 6) is 0.391. The molecule has 16 heavy (non-hydrogen) atoms. The molecule has 0 saturated heterocycles. The Hall–Kier alpha value is -1.43. The van der Waals surface area contributed by atoms with Crippen molar-refractivity contribution in [2.75, 3.05) is 13.6 Å². The maximum Gasteiger partial charge on any atom is 0.312 e. The summed E-state index contributed by atoms with van der Waals surface area (Å²) >= 11 is 0. The van der Waals surface area contributed by atoms with Crippen LogP contribution in [0.5, 0.6) is 0 Å². The van der Waals surface area contributed by atoms with Gasteiger partial charge in [0.15, 0.2) is 0 Å². The molecular weight excluding hydrogens is 208 g/mol. The summed E-state index contributed by atoms with van der Waals surface area (Å²) < 4.78 is 1.72. The summed E-state index contributed by atoms with van der Waals surface area (Å²) in [6.07, 6.45) is 0. The first kappa shape index (κ1) is 12.6. The standard InChI is InChI=1S/C10H18N4O2/c1-7(5-11-4)6-13-9(3)10(14(15)16)8(2)12-13/h7,11H,5-6H2,1-4H3. The highest BCUT2D eigenvalue weighted by Crippen LogP contribution is 2.22. The molecule has 0 spiro atoms. The highest BCUT2D eigenvalue weighted by Gasteiger charge is 2.22. The minimum absolute atomic E-state index is 0.136. The fourth-order valence-corrected chi connectivity index (χ4v) is 1.84. The van der Waals surface area contributed by atoms with Gasteiger partial charge in [-0.15, -0.1) is 0 Å². The number of nitrogens with one attached hydrogen (secondary N) is 1. The first-order valence-corrected chi connectivity index (χ1v) is 5.30. The largest absolute Gasteiger partial charge is 0.319 e. The van der Waals surface area contributed by atoms with Crippen molar-refractivity contribution in [1.29, 1.82) is 0 Å². The van der Waals surface area contributed by atoms with E-state index in [-0.39, 0.29) is 10.6 Å². The van der Waals surface area contributed by atoms with Gasteiger partial charge in [0.2, 0.25) is 0 Å². The third kappa shape index (κ3) is 2.57. The van der Waals surface area contributed by atoms with E-state index in [4.69, 9.17) is 0 Å². The van der Waals surface area contributed by atoms with Gasteiger partial charge >= 0.3 is 5.69 Å². The van der Waals surface area contributed by atoms with E-state index in [0.717, 1.165) is 6.54 Å². The fraction of sp³-hybridized carbons (Fsp3) is 0.700. The molecule has 0 amide bonds. The van der Waals surface area contributed by atoms with Gasteiger partial charge in [-0.3, -0.25) is 14.8 Å². The number of aryl methyl sites for hydroxylation is 1. The summed E-state index contributed by atoms with van der Waals surface area (Å²) in [7, 11) is 1.89. The Kier molecular flexibility index (Phi) is 4.00. The normalized spacial score (nSPS) is 12.8. The molecule has 1 unspecified atom stereocenters. The molecule has 1 atom stereocenters. The Morgan fingerprint density at radius 1 is 1.56 bits per heavy atom. The van der Waals surface area contributed by atoms with E-state index in [1.807, 2.05) is 7.05 Å². The lowest BCUT2D eigenvalue weighted by Crippen LogP contribution is -2.21. The zero-order valence-electron chi connectivity index (χ0n) is 10.1. The first-order valence-electron chi connectivity index (χ1n) is 5.30. The van der Waals surface area contributed by atoms with Crippen LogP contribution >= 0.6 is 0 Å². The molecule has 1 N–H and O–H groups in total. The summed E-state index contributed by atoms with van der Waals surface area (Å²) in [5, 5.41) is 18.1. The van der Waals surface area contributed by atoms with Crippen molar-refractivity contribution in [3.63, 3.8) is 0 Å². The number of hydrogen-bond acceptors (Lipinski definition) is 4. The van der Waals surface area contributed by atoms with Crippen LogP contribution in [0.15, 0.2) is 0 Å². The second kappa shape index (κ2) is 5.07. The van der Waals surface area contributed by atoms with E-state index in [9.17, 15) is 10.1 Å². The van der Waals surface area contributed by atoms with Gasteiger partial charge in [0, 0.05) is 6.54 Å². The quantitative estimate of drug-likeness (QED) is 0.606. The first-order chi connectivity index (χ1) is 7.47. The number of aromatic nitrogens is 2. The van der Waals surface area contributed by atoms with Crippen LogP contribution in [0, 0.1) is 29.9 Å². The molecule has 1 aromatic heterocycles. The SMILES string of the molecule is CNCC(C)Cn1nc(C)c([N+](=O)[O-])c1C. The molecule has 6 nitrogen and oxygen atoms in total. The highest BCUT2D eigenvalue weighted by molar-refractivity contribution is 5.39. The van der Waals surface area contributed by atoms with Crippen LogP contribution in [0.25, 0.3) is 0 Å². The fourth-order valence-electron chi connectivity index (χ4n) is 1.84. The molecule has 1 aromatic rings. The Labute approximate surface area is 94.8 Å². The van der Waals surface area contributed by atoms with Gasteiger partial charge in [-0.05, 0) is 33.4 Å². The van der Waals surface area contributed by atoms with Gasteiger partial charge in [-0.1, -0.05) is 6.92 Å². The molecule has 0 aliphatic heterocycles. The molecular formula is C10H18N4O2. The third-order valence-electron chi connectivity index (χ3n) is 2.56. The minimum atomic E-state index is -0.364. The van der Waals surface area contributed by atoms with Gasteiger partial charge in [0.05, 0.1) is 4.92 Å². The Balaban J connectivity index is 2.90. The number of nitrogens with zero attached hydrogens (tertiary/aromatic N) is 3. The number of rotatable bonds is 5. The lowest BCUT2D eigenvalue weighted by atomic mass is 10.2. The molecule has 6 heteroatoms. The van der Waals surface area contributed by atoms with Gasteiger partial charge in [-0.2, -0.15) is 5.10 Å². The lowest BCUT2D eigenvalue weighted by Gasteiger charge is -2.11. The molecule has 0 radical (unpaired) electrons. The maximum atomic E-state index is 10.8. The Bertz CT molecular complexity index is 386. The van der Waals surface area contributed by atoms with E-state index in [0.29, 0.717) is 23.9 Å². The van der Waals surface area contributed by atoms with E-state index < -0.39 is 0 Å². The smallest absolute Gasteiger partial charge is 0.312 e. The lowest BCUT2D eigenvalue weighted by molar-refractivity contribution is -0.386. The van der Waals surface area contributed by atoms with Crippen molar-refractivity contribution < 1.29 is 4.92 Å². The van der Waals surface area contributed by atoms with Crippen LogP contribution in [0.1, 0.15) is 18.3 Å². The molecule has 1 rings (SSSR count). The van der Waals surface area contributed by atoms with Crippen LogP contribution in [0.4, 0.5) is 5.69 Å². The van der Waals surface area contributed by atoms with Crippen molar-refractivity contribution in [2.45, 2.75) is 27.3 Å². The minimum Gasteiger partial charge on any atom is -0.319 e. The second-order valence-electron chi connectivity index (χ2n) is 4.12. The van der Waals surface area contributed by atoms with Crippen molar-refractivity contribution in [1.82, 2.24) is 15.1 Å². The summed E-state index contributed by atoms with van der Waals surface area (Å²) in [4.78, 5) is 10.4. The Morgan fingerprint density at radius 2 is 2.19 bits per heavy atom. The van der Waals surface area contributed by atoms with Crippen LogP contribution in [0.3, 0.4) is 0 Å². The van der Waals surface area contributed by atoms with Crippen molar-refractivity contribution in [3.05, 3.63) is 21.5 Å². The van der Waals surface area contributed by atoms with Gasteiger partial charge in [0.25, 0.3) is 0 Å². The molecule has 0 bridgehead atoms. The van der Waals surface area contributed by atoms with Crippen LogP contribution < -0.4 is 5.32 Å². The average Bonchev–Trinajstić information content (AvgIpc) is 2.42. The topological polar surface area (TPSA) is 73.0 Å². The van der Waals surface area contributed by atoms with E-state index in [1.54, 1.807) is 18.5 Å². The third-order valence-corrected chi connectivity index (χ3v) is 2.56. The van der Waals surface area contributed by atoms with Crippen molar-refractivity contribution in [3.8, 4) is 0 Å².